The Labute approximate surface area is 302 Å². The van der Waals surface area contributed by atoms with Crippen LogP contribution in [0.1, 0.15) is 194 Å². The maximum Gasteiger partial charge on any atom is 0.267 e. The number of allylic oxidation sites excluding steroid dienone is 5. The van der Waals surface area contributed by atoms with Crippen molar-refractivity contribution in [1.29, 1.82) is 0 Å². The highest BCUT2D eigenvalue weighted by molar-refractivity contribution is 7.85. The van der Waals surface area contributed by atoms with E-state index in [2.05, 4.69) is 43.5 Å². The van der Waals surface area contributed by atoms with Gasteiger partial charge in [0.05, 0.1) is 17.9 Å². The highest BCUT2D eigenvalue weighted by Crippen LogP contribution is 2.15. The molecule has 0 saturated carbocycles. The van der Waals surface area contributed by atoms with Gasteiger partial charge in [0.25, 0.3) is 10.1 Å². The molecule has 0 radical (unpaired) electrons. The van der Waals surface area contributed by atoms with Crippen molar-refractivity contribution in [1.82, 2.24) is 5.32 Å². The molecule has 0 spiro atoms. The molecule has 0 bridgehead atoms. The van der Waals surface area contributed by atoms with Gasteiger partial charge in [-0.05, 0) is 44.9 Å². The molecule has 288 valence electrons. The number of amides is 1. The summed E-state index contributed by atoms with van der Waals surface area (Å²) in [5, 5.41) is 23.3. The van der Waals surface area contributed by atoms with Crippen LogP contribution in [0.5, 0.6) is 0 Å². The smallest absolute Gasteiger partial charge is 0.267 e. The van der Waals surface area contributed by atoms with E-state index >= 15 is 0 Å². The number of carbonyl (C=O) groups is 1. The normalized spacial score (nSPS) is 14.3. The van der Waals surface area contributed by atoms with Crippen LogP contribution in [0.4, 0.5) is 0 Å². The van der Waals surface area contributed by atoms with Crippen molar-refractivity contribution >= 4 is 16.0 Å². The fraction of sp³-hybridized carbons (Fsp3) is 0.829. The van der Waals surface area contributed by atoms with Gasteiger partial charge in [-0.1, -0.05) is 185 Å². The minimum atomic E-state index is -4.45. The van der Waals surface area contributed by atoms with Crippen LogP contribution in [0, 0.1) is 0 Å². The van der Waals surface area contributed by atoms with Gasteiger partial charge in [0.2, 0.25) is 5.91 Å². The highest BCUT2D eigenvalue weighted by atomic mass is 32.2. The van der Waals surface area contributed by atoms with Gasteiger partial charge in [0.15, 0.2) is 0 Å². The Morgan fingerprint density at radius 2 is 0.918 bits per heavy atom. The standard InChI is InChI=1S/C41H77NO6S/c1-3-5-7-9-11-13-15-17-19-20-21-22-24-26-28-30-32-34-36-40(44)41(45)42-38(37-49(46,47)48)39(43)35-33-31-29-27-25-23-18-16-14-12-10-8-6-4-2/h14,16,25,27,33,35,38-40,43-44H,3-13,15,17-24,26,28-32,34,36-37H2,1-2H3,(H,42,45)(H,46,47,48)/b16-14+,27-25+,35-33+. The van der Waals surface area contributed by atoms with Gasteiger partial charge in [0.1, 0.15) is 6.10 Å². The highest BCUT2D eigenvalue weighted by Gasteiger charge is 2.27. The number of carbonyl (C=O) groups excluding carboxylic acids is 1. The van der Waals surface area contributed by atoms with Crippen LogP contribution in [-0.4, -0.2) is 53.1 Å². The van der Waals surface area contributed by atoms with Crippen LogP contribution in [0.2, 0.25) is 0 Å². The topological polar surface area (TPSA) is 124 Å². The summed E-state index contributed by atoms with van der Waals surface area (Å²) >= 11 is 0. The summed E-state index contributed by atoms with van der Waals surface area (Å²) < 4.78 is 32.5. The van der Waals surface area contributed by atoms with Crippen LogP contribution in [0.25, 0.3) is 0 Å². The zero-order chi connectivity index (χ0) is 36.3. The molecule has 0 aromatic rings. The first kappa shape index (κ1) is 47.5. The molecule has 7 nitrogen and oxygen atoms in total. The van der Waals surface area contributed by atoms with Crippen LogP contribution >= 0.6 is 0 Å². The Hall–Kier alpha value is -1.48. The van der Waals surface area contributed by atoms with Crippen LogP contribution in [-0.2, 0) is 14.9 Å². The molecule has 0 aliphatic carbocycles. The second-order valence-corrected chi connectivity index (χ2v) is 15.5. The fourth-order valence-electron chi connectivity index (χ4n) is 6.02. The van der Waals surface area contributed by atoms with Gasteiger partial charge >= 0.3 is 0 Å². The molecule has 0 aromatic heterocycles. The van der Waals surface area contributed by atoms with Crippen molar-refractivity contribution in [2.45, 2.75) is 212 Å². The van der Waals surface area contributed by atoms with Crippen molar-refractivity contribution in [2.24, 2.45) is 0 Å². The number of hydrogen-bond donors (Lipinski definition) is 4. The number of aliphatic hydroxyl groups is 2. The summed E-state index contributed by atoms with van der Waals surface area (Å²) in [5.41, 5.74) is 0. The SMILES string of the molecule is CCCCCC/C=C/CC/C=C/CC/C=C/C(O)C(CS(=O)(=O)O)NC(=O)C(O)CCCCCCCCCCCCCCCCCCCC. The zero-order valence-electron chi connectivity index (χ0n) is 31.7. The van der Waals surface area contributed by atoms with Gasteiger partial charge in [-0.15, -0.1) is 0 Å². The Kier molecular flexibility index (Phi) is 33.9. The number of unbranched alkanes of at least 4 members (excludes halogenated alkanes) is 23. The molecule has 4 N–H and O–H groups in total. The summed E-state index contributed by atoms with van der Waals surface area (Å²) in [5.74, 6) is -1.56. The maximum absolute atomic E-state index is 12.6. The molecular weight excluding hydrogens is 635 g/mol. The lowest BCUT2D eigenvalue weighted by Crippen LogP contribution is -2.50. The van der Waals surface area contributed by atoms with Gasteiger partial charge in [-0.2, -0.15) is 8.42 Å². The molecule has 0 fully saturated rings. The molecule has 8 heteroatoms. The predicted octanol–water partition coefficient (Wildman–Crippen LogP) is 10.7. The van der Waals surface area contributed by atoms with Crippen molar-refractivity contribution in [2.75, 3.05) is 5.75 Å². The van der Waals surface area contributed by atoms with E-state index in [0.717, 1.165) is 44.9 Å². The molecular formula is C41H77NO6S. The lowest BCUT2D eigenvalue weighted by atomic mass is 10.0. The van der Waals surface area contributed by atoms with Gasteiger partial charge in [-0.25, -0.2) is 0 Å². The van der Waals surface area contributed by atoms with E-state index in [1.807, 2.05) is 0 Å². The molecule has 0 aromatic carbocycles. The number of hydrogen-bond acceptors (Lipinski definition) is 5. The molecule has 1 amide bonds. The molecule has 0 heterocycles. The minimum Gasteiger partial charge on any atom is -0.387 e. The number of nitrogens with one attached hydrogen (secondary N) is 1. The van der Waals surface area contributed by atoms with Crippen LogP contribution in [0.15, 0.2) is 36.5 Å². The zero-order valence-corrected chi connectivity index (χ0v) is 32.5. The third-order valence-electron chi connectivity index (χ3n) is 9.15. The van der Waals surface area contributed by atoms with E-state index in [9.17, 15) is 28.0 Å². The first-order chi connectivity index (χ1) is 23.7. The van der Waals surface area contributed by atoms with E-state index in [1.165, 1.54) is 122 Å². The van der Waals surface area contributed by atoms with E-state index in [0.29, 0.717) is 12.8 Å². The first-order valence-electron chi connectivity index (χ1n) is 20.3. The van der Waals surface area contributed by atoms with Gasteiger partial charge in [0, 0.05) is 0 Å². The number of rotatable bonds is 36. The molecule has 0 aliphatic heterocycles. The fourth-order valence-corrected chi connectivity index (χ4v) is 6.75. The Balaban J connectivity index is 4.07. The second kappa shape index (κ2) is 34.9. The van der Waals surface area contributed by atoms with E-state index in [1.54, 1.807) is 6.08 Å². The lowest BCUT2D eigenvalue weighted by Gasteiger charge is -2.22. The van der Waals surface area contributed by atoms with Crippen molar-refractivity contribution in [3.8, 4) is 0 Å². The molecule has 3 atom stereocenters. The third-order valence-corrected chi connectivity index (χ3v) is 9.94. The molecule has 3 unspecified atom stereocenters. The van der Waals surface area contributed by atoms with Crippen molar-refractivity contribution < 1.29 is 28.0 Å². The minimum absolute atomic E-state index is 0.274. The summed E-state index contributed by atoms with van der Waals surface area (Å²) in [6.07, 6.45) is 42.0. The van der Waals surface area contributed by atoms with E-state index in [-0.39, 0.29) is 6.42 Å². The summed E-state index contributed by atoms with van der Waals surface area (Å²) in [6, 6.07) is -1.25. The number of aliphatic hydroxyl groups excluding tert-OH is 2. The van der Waals surface area contributed by atoms with Gasteiger partial charge < -0.3 is 15.5 Å². The monoisotopic (exact) mass is 712 g/mol. The van der Waals surface area contributed by atoms with E-state index in [4.69, 9.17) is 0 Å². The maximum atomic E-state index is 12.6. The largest absolute Gasteiger partial charge is 0.387 e. The van der Waals surface area contributed by atoms with Crippen molar-refractivity contribution in [3.05, 3.63) is 36.5 Å². The summed E-state index contributed by atoms with van der Waals surface area (Å²) in [7, 11) is -4.45. The van der Waals surface area contributed by atoms with Crippen molar-refractivity contribution in [3.63, 3.8) is 0 Å². The summed E-state index contributed by atoms with van der Waals surface area (Å²) in [4.78, 5) is 12.6. The van der Waals surface area contributed by atoms with E-state index < -0.39 is 40.0 Å². The second-order valence-electron chi connectivity index (χ2n) is 14.0. The Bertz CT molecular complexity index is 932. The quantitative estimate of drug-likeness (QED) is 0.0291. The average molecular weight is 712 g/mol. The van der Waals surface area contributed by atoms with Crippen LogP contribution in [0.3, 0.4) is 0 Å². The lowest BCUT2D eigenvalue weighted by molar-refractivity contribution is -0.130. The summed E-state index contributed by atoms with van der Waals surface area (Å²) in [6.45, 7) is 4.48. The first-order valence-corrected chi connectivity index (χ1v) is 21.9. The average Bonchev–Trinajstić information content (AvgIpc) is 3.06. The predicted molar refractivity (Wildman–Crippen MR) is 208 cm³/mol. The molecule has 0 aliphatic rings. The Morgan fingerprint density at radius 1 is 0.551 bits per heavy atom. The molecule has 0 rings (SSSR count). The molecule has 0 saturated heterocycles. The molecule has 49 heavy (non-hydrogen) atoms. The van der Waals surface area contributed by atoms with Gasteiger partial charge in [-0.3, -0.25) is 9.35 Å². The Morgan fingerprint density at radius 3 is 1.35 bits per heavy atom. The van der Waals surface area contributed by atoms with Crippen LogP contribution < -0.4 is 5.32 Å². The third kappa shape index (κ3) is 34.7.